The lowest BCUT2D eigenvalue weighted by Crippen LogP contribution is -2.47. The number of piperidine rings is 1. The summed E-state index contributed by atoms with van der Waals surface area (Å²) in [4.78, 5) is 21.8. The van der Waals surface area contributed by atoms with Gasteiger partial charge in [0.05, 0.1) is 11.6 Å². The lowest BCUT2D eigenvalue weighted by atomic mass is 9.92. The maximum atomic E-state index is 12.9. The van der Waals surface area contributed by atoms with Gasteiger partial charge in [0, 0.05) is 31.6 Å². The Morgan fingerprint density at radius 2 is 2.05 bits per heavy atom. The Hall–Kier alpha value is -1.10. The molecule has 0 N–H and O–H groups in total. The van der Waals surface area contributed by atoms with Crippen LogP contribution in [0.1, 0.15) is 50.6 Å². The third-order valence-corrected chi connectivity index (χ3v) is 6.14. The Balaban J connectivity index is 1.62. The van der Waals surface area contributed by atoms with Gasteiger partial charge in [-0.3, -0.25) is 4.79 Å². The lowest BCUT2D eigenvalue weighted by Gasteiger charge is -2.37. The molecule has 2 fully saturated rings. The smallest absolute Gasteiger partial charge is 0.227 e. The van der Waals surface area contributed by atoms with Crippen LogP contribution >= 0.6 is 11.3 Å². The predicted octanol–water partition coefficient (Wildman–Crippen LogP) is 3.46. The number of carbonyl (C=O) groups is 1. The van der Waals surface area contributed by atoms with Crippen LogP contribution in [0.2, 0.25) is 0 Å². The molecular formula is C17H27N3OS. The van der Waals surface area contributed by atoms with E-state index in [2.05, 4.69) is 20.2 Å². The largest absolute Gasteiger partial charge is 0.347 e. The first-order chi connectivity index (χ1) is 10.6. The zero-order chi connectivity index (χ0) is 15.5. The Morgan fingerprint density at radius 1 is 1.27 bits per heavy atom. The van der Waals surface area contributed by atoms with Crippen molar-refractivity contribution < 1.29 is 4.79 Å². The molecule has 0 radical (unpaired) electrons. The summed E-state index contributed by atoms with van der Waals surface area (Å²) >= 11 is 1.70. The summed E-state index contributed by atoms with van der Waals surface area (Å²) in [5, 5.41) is 3.17. The van der Waals surface area contributed by atoms with Crippen molar-refractivity contribution >= 4 is 22.4 Å². The average Bonchev–Trinajstić information content (AvgIpc) is 3.01. The zero-order valence-electron chi connectivity index (χ0n) is 13.8. The molecule has 1 saturated heterocycles. The second kappa shape index (κ2) is 6.99. The number of anilines is 1. The van der Waals surface area contributed by atoms with Crippen LogP contribution < -0.4 is 4.90 Å². The van der Waals surface area contributed by atoms with Gasteiger partial charge in [-0.15, -0.1) is 11.3 Å². The number of carbonyl (C=O) groups excluding carboxylic acids is 1. The standard InChI is InChI=1S/C17H27N3OS/c1-13-12-22-17(18-13)20-10-6-7-14(11-20)16(21)19(2)15-8-4-3-5-9-15/h12,14-15H,3-11H2,1-2H3. The Kier molecular flexibility index (Phi) is 5.01. The van der Waals surface area contributed by atoms with Crippen molar-refractivity contribution in [3.8, 4) is 0 Å². The fraction of sp³-hybridized carbons (Fsp3) is 0.765. The summed E-state index contributed by atoms with van der Waals surface area (Å²) in [5.74, 6) is 0.495. The fourth-order valence-electron chi connectivity index (χ4n) is 3.78. The SMILES string of the molecule is Cc1csc(N2CCCC(C(=O)N(C)C3CCCCC3)C2)n1. The van der Waals surface area contributed by atoms with E-state index < -0.39 is 0 Å². The number of hydrogen-bond acceptors (Lipinski definition) is 4. The quantitative estimate of drug-likeness (QED) is 0.855. The van der Waals surface area contributed by atoms with Gasteiger partial charge in [-0.25, -0.2) is 4.98 Å². The molecule has 22 heavy (non-hydrogen) atoms. The summed E-state index contributed by atoms with van der Waals surface area (Å²) in [7, 11) is 2.02. The van der Waals surface area contributed by atoms with E-state index in [0.717, 1.165) is 36.8 Å². The summed E-state index contributed by atoms with van der Waals surface area (Å²) in [6.07, 6.45) is 8.37. The van der Waals surface area contributed by atoms with Crippen molar-refractivity contribution in [2.24, 2.45) is 5.92 Å². The minimum Gasteiger partial charge on any atom is -0.347 e. The van der Waals surface area contributed by atoms with Gasteiger partial charge >= 0.3 is 0 Å². The van der Waals surface area contributed by atoms with Gasteiger partial charge in [0.2, 0.25) is 5.91 Å². The van der Waals surface area contributed by atoms with Crippen LogP contribution in [-0.2, 0) is 4.79 Å². The molecule has 0 aromatic carbocycles. The molecule has 1 unspecified atom stereocenters. The molecule has 4 nitrogen and oxygen atoms in total. The predicted molar refractivity (Wildman–Crippen MR) is 91.4 cm³/mol. The first-order valence-corrected chi connectivity index (χ1v) is 9.47. The first kappa shape index (κ1) is 15.8. The second-order valence-corrected chi connectivity index (χ2v) is 7.63. The van der Waals surface area contributed by atoms with E-state index >= 15 is 0 Å². The minimum atomic E-state index is 0.143. The molecule has 5 heteroatoms. The molecular weight excluding hydrogens is 294 g/mol. The van der Waals surface area contributed by atoms with Crippen molar-refractivity contribution in [2.75, 3.05) is 25.0 Å². The molecule has 1 aliphatic carbocycles. The van der Waals surface area contributed by atoms with Gasteiger partial charge in [0.1, 0.15) is 0 Å². The highest BCUT2D eigenvalue weighted by atomic mass is 32.1. The molecule has 1 saturated carbocycles. The van der Waals surface area contributed by atoms with E-state index in [1.807, 2.05) is 14.0 Å². The first-order valence-electron chi connectivity index (χ1n) is 8.59. The normalized spacial score (nSPS) is 23.5. The molecule has 122 valence electrons. The third-order valence-electron chi connectivity index (χ3n) is 5.12. The average molecular weight is 321 g/mol. The summed E-state index contributed by atoms with van der Waals surface area (Å²) in [5.41, 5.74) is 1.08. The molecule has 1 aromatic rings. The molecule has 2 heterocycles. The number of amides is 1. The number of aryl methyl sites for hydroxylation is 1. The maximum Gasteiger partial charge on any atom is 0.227 e. The molecule has 1 atom stereocenters. The van der Waals surface area contributed by atoms with E-state index in [-0.39, 0.29) is 5.92 Å². The van der Waals surface area contributed by atoms with E-state index in [4.69, 9.17) is 0 Å². The number of hydrogen-bond donors (Lipinski definition) is 0. The topological polar surface area (TPSA) is 36.4 Å². The number of aromatic nitrogens is 1. The summed E-state index contributed by atoms with van der Waals surface area (Å²) in [6.45, 7) is 3.90. The van der Waals surface area contributed by atoms with Crippen LogP contribution in [-0.4, -0.2) is 42.0 Å². The van der Waals surface area contributed by atoms with Crippen molar-refractivity contribution in [3.63, 3.8) is 0 Å². The fourth-order valence-corrected chi connectivity index (χ4v) is 4.62. The maximum absolute atomic E-state index is 12.9. The molecule has 1 amide bonds. The second-order valence-electron chi connectivity index (χ2n) is 6.80. The van der Waals surface area contributed by atoms with Crippen molar-refractivity contribution in [1.82, 2.24) is 9.88 Å². The van der Waals surface area contributed by atoms with Gasteiger partial charge in [-0.2, -0.15) is 0 Å². The van der Waals surface area contributed by atoms with Crippen molar-refractivity contribution in [1.29, 1.82) is 0 Å². The van der Waals surface area contributed by atoms with Gasteiger partial charge in [0.15, 0.2) is 5.13 Å². The molecule has 1 aliphatic heterocycles. The van der Waals surface area contributed by atoms with Crippen LogP contribution in [0.15, 0.2) is 5.38 Å². The van der Waals surface area contributed by atoms with Gasteiger partial charge in [0.25, 0.3) is 0 Å². The zero-order valence-corrected chi connectivity index (χ0v) is 14.6. The number of rotatable bonds is 3. The Labute approximate surface area is 137 Å². The van der Waals surface area contributed by atoms with Crippen LogP contribution in [0.3, 0.4) is 0 Å². The van der Waals surface area contributed by atoms with Gasteiger partial charge in [-0.1, -0.05) is 19.3 Å². The van der Waals surface area contributed by atoms with Crippen LogP contribution in [0.5, 0.6) is 0 Å². The van der Waals surface area contributed by atoms with Gasteiger partial charge in [-0.05, 0) is 32.6 Å². The van der Waals surface area contributed by atoms with E-state index in [0.29, 0.717) is 11.9 Å². The van der Waals surface area contributed by atoms with Gasteiger partial charge < -0.3 is 9.80 Å². The summed E-state index contributed by atoms with van der Waals surface area (Å²) in [6, 6.07) is 0.471. The molecule has 3 rings (SSSR count). The highest BCUT2D eigenvalue weighted by molar-refractivity contribution is 7.13. The van der Waals surface area contributed by atoms with E-state index in [9.17, 15) is 4.79 Å². The molecule has 0 spiro atoms. The molecule has 0 bridgehead atoms. The monoisotopic (exact) mass is 321 g/mol. The van der Waals surface area contributed by atoms with Crippen molar-refractivity contribution in [3.05, 3.63) is 11.1 Å². The van der Waals surface area contributed by atoms with Crippen LogP contribution in [0.4, 0.5) is 5.13 Å². The highest BCUT2D eigenvalue weighted by Gasteiger charge is 2.32. The highest BCUT2D eigenvalue weighted by Crippen LogP contribution is 2.29. The van der Waals surface area contributed by atoms with E-state index in [1.165, 1.54) is 32.1 Å². The lowest BCUT2D eigenvalue weighted by molar-refractivity contribution is -0.137. The Bertz CT molecular complexity index is 510. The number of thiazole rings is 1. The number of nitrogens with zero attached hydrogens (tertiary/aromatic N) is 3. The Morgan fingerprint density at radius 3 is 2.73 bits per heavy atom. The van der Waals surface area contributed by atoms with E-state index in [1.54, 1.807) is 11.3 Å². The third kappa shape index (κ3) is 3.45. The molecule has 2 aliphatic rings. The summed E-state index contributed by atoms with van der Waals surface area (Å²) < 4.78 is 0. The molecule has 1 aromatic heterocycles. The van der Waals surface area contributed by atoms with Crippen LogP contribution in [0, 0.1) is 12.8 Å². The van der Waals surface area contributed by atoms with Crippen molar-refractivity contribution in [2.45, 2.75) is 57.9 Å². The minimum absolute atomic E-state index is 0.143. The van der Waals surface area contributed by atoms with Crippen LogP contribution in [0.25, 0.3) is 0 Å².